The minimum Gasteiger partial charge on any atom is -0.444 e. The molecule has 0 aromatic heterocycles. The number of nitrogens with one attached hydrogen (secondary N) is 3. The zero-order valence-electron chi connectivity index (χ0n) is 20.8. The highest BCUT2D eigenvalue weighted by molar-refractivity contribution is 5.80. The molecule has 1 saturated heterocycles. The minimum absolute atomic E-state index is 0.0184. The van der Waals surface area contributed by atoms with Crippen LogP contribution in [-0.4, -0.2) is 67.7 Å². The maximum atomic E-state index is 12.7. The summed E-state index contributed by atoms with van der Waals surface area (Å²) in [6.07, 6.45) is 4.60. The van der Waals surface area contributed by atoms with Crippen LogP contribution in [0.25, 0.3) is 0 Å². The Morgan fingerprint density at radius 1 is 1.03 bits per heavy atom. The lowest BCUT2D eigenvalue weighted by Gasteiger charge is -2.42. The van der Waals surface area contributed by atoms with E-state index in [1.807, 2.05) is 6.07 Å². The van der Waals surface area contributed by atoms with Crippen molar-refractivity contribution in [2.75, 3.05) is 39.3 Å². The van der Waals surface area contributed by atoms with Gasteiger partial charge >= 0.3 is 6.09 Å². The van der Waals surface area contributed by atoms with E-state index in [1.165, 1.54) is 12.0 Å². The van der Waals surface area contributed by atoms with Gasteiger partial charge in [-0.25, -0.2) is 4.79 Å². The summed E-state index contributed by atoms with van der Waals surface area (Å²) in [5, 5.41) is 8.68. The van der Waals surface area contributed by atoms with Gasteiger partial charge in [0.2, 0.25) is 11.8 Å². The van der Waals surface area contributed by atoms with Crippen LogP contribution in [0.3, 0.4) is 0 Å². The van der Waals surface area contributed by atoms with E-state index in [-0.39, 0.29) is 23.1 Å². The predicted octanol–water partition coefficient (Wildman–Crippen LogP) is 2.58. The van der Waals surface area contributed by atoms with E-state index in [2.05, 4.69) is 45.1 Å². The van der Waals surface area contributed by atoms with E-state index in [4.69, 9.17) is 4.74 Å². The van der Waals surface area contributed by atoms with Crippen LogP contribution in [0.5, 0.6) is 0 Å². The Bertz CT molecular complexity index is 833. The van der Waals surface area contributed by atoms with E-state index in [1.54, 1.807) is 20.8 Å². The molecule has 2 aliphatic rings. The number of carbonyl (C=O) groups excluding carboxylic acids is 3. The number of piperidine rings is 1. The molecule has 0 bridgehead atoms. The summed E-state index contributed by atoms with van der Waals surface area (Å²) in [7, 11) is 0. The van der Waals surface area contributed by atoms with Gasteiger partial charge < -0.3 is 20.7 Å². The van der Waals surface area contributed by atoms with Gasteiger partial charge in [-0.15, -0.1) is 0 Å². The molecule has 1 unspecified atom stereocenters. The third-order valence-corrected chi connectivity index (χ3v) is 6.66. The number of amides is 3. The fourth-order valence-electron chi connectivity index (χ4n) is 4.71. The summed E-state index contributed by atoms with van der Waals surface area (Å²) in [5.74, 6) is -0.163. The first kappa shape index (κ1) is 26.0. The van der Waals surface area contributed by atoms with Gasteiger partial charge in [0, 0.05) is 31.6 Å². The van der Waals surface area contributed by atoms with E-state index in [0.29, 0.717) is 32.7 Å². The molecule has 1 heterocycles. The van der Waals surface area contributed by atoms with Gasteiger partial charge in [-0.05, 0) is 58.6 Å². The van der Waals surface area contributed by atoms with Crippen molar-refractivity contribution in [1.82, 2.24) is 20.9 Å². The zero-order chi connectivity index (χ0) is 24.6. The molecule has 0 spiro atoms. The Balaban J connectivity index is 1.36. The van der Waals surface area contributed by atoms with Crippen LogP contribution in [0, 0.1) is 5.92 Å². The number of hydrogen-bond acceptors (Lipinski definition) is 5. The Hall–Kier alpha value is -2.61. The summed E-state index contributed by atoms with van der Waals surface area (Å²) in [5.41, 5.74) is 0.817. The molecule has 3 N–H and O–H groups in total. The second kappa shape index (κ2) is 11.7. The summed E-state index contributed by atoms with van der Waals surface area (Å²) in [6.45, 7) is 8.44. The number of hydrogen-bond donors (Lipinski definition) is 3. The third kappa shape index (κ3) is 7.72. The summed E-state index contributed by atoms with van der Waals surface area (Å²) in [6, 6.07) is 10.5. The van der Waals surface area contributed by atoms with Crippen molar-refractivity contribution in [2.45, 2.75) is 63.9 Å². The topological polar surface area (TPSA) is 99.8 Å². The van der Waals surface area contributed by atoms with Crippen molar-refractivity contribution >= 4 is 17.9 Å². The molecule has 1 aliphatic heterocycles. The quantitative estimate of drug-likeness (QED) is 0.480. The van der Waals surface area contributed by atoms with Gasteiger partial charge in [0.05, 0.1) is 12.5 Å². The molecule has 34 heavy (non-hydrogen) atoms. The molecule has 1 atom stereocenters. The summed E-state index contributed by atoms with van der Waals surface area (Å²) in [4.78, 5) is 39.0. The van der Waals surface area contributed by atoms with Gasteiger partial charge in [0.25, 0.3) is 0 Å². The van der Waals surface area contributed by atoms with Crippen LogP contribution in [0.15, 0.2) is 30.3 Å². The van der Waals surface area contributed by atoms with Crippen molar-refractivity contribution in [3.05, 3.63) is 35.9 Å². The average molecular weight is 473 g/mol. The lowest BCUT2D eigenvalue weighted by Crippen LogP contribution is -2.50. The monoisotopic (exact) mass is 472 g/mol. The van der Waals surface area contributed by atoms with Crippen molar-refractivity contribution in [1.29, 1.82) is 0 Å². The molecule has 2 fully saturated rings. The summed E-state index contributed by atoms with van der Waals surface area (Å²) >= 11 is 0. The van der Waals surface area contributed by atoms with Gasteiger partial charge in [-0.3, -0.25) is 14.5 Å². The van der Waals surface area contributed by atoms with Crippen molar-refractivity contribution < 1.29 is 19.1 Å². The second-order valence-electron chi connectivity index (χ2n) is 10.6. The average Bonchev–Trinajstić information content (AvgIpc) is 2.75. The molecule has 1 aromatic carbocycles. The number of benzene rings is 1. The van der Waals surface area contributed by atoms with Gasteiger partial charge in [0.15, 0.2) is 0 Å². The first-order valence-corrected chi connectivity index (χ1v) is 12.5. The zero-order valence-corrected chi connectivity index (χ0v) is 20.8. The molecule has 188 valence electrons. The third-order valence-electron chi connectivity index (χ3n) is 6.66. The molecule has 1 aromatic rings. The van der Waals surface area contributed by atoms with Crippen molar-refractivity contribution in [3.8, 4) is 0 Å². The minimum atomic E-state index is -0.550. The van der Waals surface area contributed by atoms with Gasteiger partial charge in [0.1, 0.15) is 5.60 Å². The van der Waals surface area contributed by atoms with E-state index < -0.39 is 11.7 Å². The fraction of sp³-hybridized carbons (Fsp3) is 0.654. The first-order valence-electron chi connectivity index (χ1n) is 12.5. The molecular weight excluding hydrogens is 432 g/mol. The predicted molar refractivity (Wildman–Crippen MR) is 131 cm³/mol. The SMILES string of the molecule is CC(C)(C)OC(=O)NCCNC(=O)C1CCCN(CC(=O)NCC2(c3ccccc3)CCC2)C1. The highest BCUT2D eigenvalue weighted by atomic mass is 16.6. The van der Waals surface area contributed by atoms with Crippen LogP contribution >= 0.6 is 0 Å². The van der Waals surface area contributed by atoms with Crippen LogP contribution in [0.4, 0.5) is 4.79 Å². The number of carbonyl (C=O) groups is 3. The molecule has 0 radical (unpaired) electrons. The van der Waals surface area contributed by atoms with Gasteiger partial charge in [-0.2, -0.15) is 0 Å². The summed E-state index contributed by atoms with van der Waals surface area (Å²) < 4.78 is 5.18. The number of likely N-dealkylation sites (tertiary alicyclic amines) is 1. The van der Waals surface area contributed by atoms with Crippen LogP contribution in [0.1, 0.15) is 58.4 Å². The van der Waals surface area contributed by atoms with Crippen molar-refractivity contribution in [2.24, 2.45) is 5.92 Å². The Morgan fingerprint density at radius 3 is 2.38 bits per heavy atom. The molecule has 8 heteroatoms. The molecule has 3 rings (SSSR count). The molecule has 1 saturated carbocycles. The normalized spacial score (nSPS) is 20.0. The lowest BCUT2D eigenvalue weighted by atomic mass is 9.64. The van der Waals surface area contributed by atoms with E-state index >= 15 is 0 Å². The largest absolute Gasteiger partial charge is 0.444 e. The van der Waals surface area contributed by atoms with E-state index in [9.17, 15) is 14.4 Å². The number of ether oxygens (including phenoxy) is 1. The molecule has 8 nitrogen and oxygen atoms in total. The lowest BCUT2D eigenvalue weighted by molar-refractivity contribution is -0.129. The Morgan fingerprint density at radius 2 is 1.74 bits per heavy atom. The van der Waals surface area contributed by atoms with E-state index in [0.717, 1.165) is 32.2 Å². The fourth-order valence-corrected chi connectivity index (χ4v) is 4.71. The number of alkyl carbamates (subject to hydrolysis) is 1. The molecule has 1 aliphatic carbocycles. The molecular formula is C26H40N4O4. The highest BCUT2D eigenvalue weighted by Gasteiger charge is 2.38. The second-order valence-corrected chi connectivity index (χ2v) is 10.6. The smallest absolute Gasteiger partial charge is 0.407 e. The van der Waals surface area contributed by atoms with Crippen LogP contribution < -0.4 is 16.0 Å². The highest BCUT2D eigenvalue weighted by Crippen LogP contribution is 2.43. The van der Waals surface area contributed by atoms with Crippen LogP contribution in [-0.2, 0) is 19.7 Å². The van der Waals surface area contributed by atoms with Gasteiger partial charge in [-0.1, -0.05) is 36.8 Å². The number of nitrogens with zero attached hydrogens (tertiary/aromatic N) is 1. The Kier molecular flexibility index (Phi) is 8.94. The maximum absolute atomic E-state index is 12.7. The number of rotatable bonds is 9. The Labute approximate surface area is 203 Å². The maximum Gasteiger partial charge on any atom is 0.407 e. The standard InChI is InChI=1S/C26H40N4O4/c1-25(2,3)34-24(33)28-15-14-27-23(32)20-9-7-16-30(17-20)18-22(31)29-19-26(12-8-13-26)21-10-5-4-6-11-21/h4-6,10-11,20H,7-9,12-19H2,1-3H3,(H,27,32)(H,28,33)(H,29,31). The van der Waals surface area contributed by atoms with Crippen LogP contribution in [0.2, 0.25) is 0 Å². The first-order chi connectivity index (χ1) is 16.2. The van der Waals surface area contributed by atoms with Crippen molar-refractivity contribution in [3.63, 3.8) is 0 Å². The molecule has 3 amide bonds.